The SMILES string of the molecule is O=C(/C=C\N1CCCC1)OCC(F)(F)S(=O)(=O)O. The first kappa shape index (κ1) is 14.8. The lowest BCUT2D eigenvalue weighted by Gasteiger charge is -2.12. The third-order valence-electron chi connectivity index (χ3n) is 2.32. The Kier molecular flexibility index (Phi) is 4.63. The number of rotatable bonds is 5. The minimum atomic E-state index is -5.57. The van der Waals surface area contributed by atoms with Crippen molar-refractivity contribution in [3.8, 4) is 0 Å². The summed E-state index contributed by atoms with van der Waals surface area (Å²) in [4.78, 5) is 12.8. The Balaban J connectivity index is 2.41. The zero-order chi connectivity index (χ0) is 13.8. The molecule has 0 spiro atoms. The smallest absolute Gasteiger partial charge is 0.402 e. The van der Waals surface area contributed by atoms with E-state index in [1.165, 1.54) is 6.20 Å². The van der Waals surface area contributed by atoms with Gasteiger partial charge in [-0.05, 0) is 12.8 Å². The fourth-order valence-corrected chi connectivity index (χ4v) is 1.54. The van der Waals surface area contributed by atoms with Gasteiger partial charge in [0.05, 0.1) is 0 Å². The molecule has 0 aliphatic carbocycles. The fourth-order valence-electron chi connectivity index (χ4n) is 1.33. The summed E-state index contributed by atoms with van der Waals surface area (Å²) >= 11 is 0. The lowest BCUT2D eigenvalue weighted by atomic mass is 10.4. The number of esters is 1. The van der Waals surface area contributed by atoms with Crippen molar-refractivity contribution in [1.29, 1.82) is 0 Å². The van der Waals surface area contributed by atoms with Crippen LogP contribution in [-0.4, -0.2) is 48.8 Å². The number of likely N-dealkylation sites (tertiary alicyclic amines) is 1. The molecule has 0 bridgehead atoms. The molecular weight excluding hydrogens is 272 g/mol. The number of ether oxygens (including phenoxy) is 1. The molecule has 0 aromatic carbocycles. The van der Waals surface area contributed by atoms with E-state index in [1.807, 2.05) is 4.90 Å². The van der Waals surface area contributed by atoms with E-state index in [1.54, 1.807) is 0 Å². The van der Waals surface area contributed by atoms with Gasteiger partial charge in [0.25, 0.3) is 0 Å². The highest BCUT2D eigenvalue weighted by atomic mass is 32.2. The molecule has 1 heterocycles. The number of nitrogens with zero attached hydrogens (tertiary/aromatic N) is 1. The molecule has 1 N–H and O–H groups in total. The van der Waals surface area contributed by atoms with Crippen LogP contribution < -0.4 is 0 Å². The molecule has 1 aliphatic heterocycles. The van der Waals surface area contributed by atoms with Crippen LogP contribution >= 0.6 is 0 Å². The van der Waals surface area contributed by atoms with Crippen LogP contribution in [0.1, 0.15) is 12.8 Å². The van der Waals surface area contributed by atoms with E-state index >= 15 is 0 Å². The molecule has 0 radical (unpaired) electrons. The van der Waals surface area contributed by atoms with E-state index in [0.29, 0.717) is 0 Å². The van der Waals surface area contributed by atoms with Crippen LogP contribution in [0.15, 0.2) is 12.3 Å². The van der Waals surface area contributed by atoms with Crippen LogP contribution in [0.2, 0.25) is 0 Å². The molecule has 1 rings (SSSR count). The van der Waals surface area contributed by atoms with Gasteiger partial charge in [-0.3, -0.25) is 4.55 Å². The standard InChI is InChI=1S/C9H13F2NO5S/c10-9(11,18(14,15)16)7-17-8(13)3-6-12-4-1-2-5-12/h3,6H,1-2,4-5,7H2,(H,14,15,16)/b6-3-. The van der Waals surface area contributed by atoms with Crippen LogP contribution in [-0.2, 0) is 19.6 Å². The van der Waals surface area contributed by atoms with Crippen LogP contribution in [0.5, 0.6) is 0 Å². The van der Waals surface area contributed by atoms with Crippen molar-refractivity contribution in [2.24, 2.45) is 0 Å². The van der Waals surface area contributed by atoms with Crippen molar-refractivity contribution in [2.75, 3.05) is 19.7 Å². The van der Waals surface area contributed by atoms with E-state index in [-0.39, 0.29) is 0 Å². The monoisotopic (exact) mass is 285 g/mol. The van der Waals surface area contributed by atoms with Gasteiger partial charge in [-0.1, -0.05) is 0 Å². The fraction of sp³-hybridized carbons (Fsp3) is 0.667. The van der Waals surface area contributed by atoms with Crippen molar-refractivity contribution in [2.45, 2.75) is 18.1 Å². The molecule has 9 heteroatoms. The van der Waals surface area contributed by atoms with E-state index < -0.39 is 27.9 Å². The first-order valence-corrected chi connectivity index (χ1v) is 6.60. The highest BCUT2D eigenvalue weighted by Crippen LogP contribution is 2.20. The Hall–Kier alpha value is -1.22. The summed E-state index contributed by atoms with van der Waals surface area (Å²) in [6.07, 6.45) is 4.31. The number of hydrogen-bond acceptors (Lipinski definition) is 5. The molecular formula is C9H13F2NO5S. The average Bonchev–Trinajstić information content (AvgIpc) is 2.74. The second-order valence-corrected chi connectivity index (χ2v) is 5.33. The zero-order valence-electron chi connectivity index (χ0n) is 9.38. The molecule has 0 unspecified atom stereocenters. The van der Waals surface area contributed by atoms with Gasteiger partial charge in [0.2, 0.25) is 0 Å². The first-order valence-electron chi connectivity index (χ1n) is 5.16. The summed E-state index contributed by atoms with van der Waals surface area (Å²) in [6, 6.07) is 0. The maximum absolute atomic E-state index is 12.7. The lowest BCUT2D eigenvalue weighted by molar-refractivity contribution is -0.143. The van der Waals surface area contributed by atoms with Crippen LogP contribution in [0, 0.1) is 0 Å². The predicted molar refractivity (Wildman–Crippen MR) is 57.4 cm³/mol. The Labute approximate surface area is 103 Å². The molecule has 0 atom stereocenters. The van der Waals surface area contributed by atoms with E-state index in [2.05, 4.69) is 4.74 Å². The predicted octanol–water partition coefficient (Wildman–Crippen LogP) is 0.620. The molecule has 0 aromatic rings. The molecule has 1 fully saturated rings. The van der Waals surface area contributed by atoms with Gasteiger partial charge in [0.15, 0.2) is 6.61 Å². The molecule has 18 heavy (non-hydrogen) atoms. The Morgan fingerprint density at radius 2 is 1.94 bits per heavy atom. The second-order valence-electron chi connectivity index (χ2n) is 3.78. The summed E-state index contributed by atoms with van der Waals surface area (Å²) in [6.45, 7) is -0.176. The first-order chi connectivity index (χ1) is 8.22. The lowest BCUT2D eigenvalue weighted by Crippen LogP contribution is -2.34. The van der Waals surface area contributed by atoms with Crippen LogP contribution in [0.25, 0.3) is 0 Å². The van der Waals surface area contributed by atoms with Crippen molar-refractivity contribution < 1.29 is 31.3 Å². The Morgan fingerprint density at radius 3 is 2.44 bits per heavy atom. The third-order valence-corrected chi connectivity index (χ3v) is 3.19. The highest BCUT2D eigenvalue weighted by Gasteiger charge is 2.45. The highest BCUT2D eigenvalue weighted by molar-refractivity contribution is 7.86. The zero-order valence-corrected chi connectivity index (χ0v) is 10.2. The molecule has 104 valence electrons. The summed E-state index contributed by atoms with van der Waals surface area (Å²) in [7, 11) is -5.57. The van der Waals surface area contributed by atoms with Gasteiger partial charge < -0.3 is 9.64 Å². The van der Waals surface area contributed by atoms with Crippen LogP contribution in [0.4, 0.5) is 8.78 Å². The number of carbonyl (C=O) groups excluding carboxylic acids is 1. The second kappa shape index (κ2) is 5.61. The number of carbonyl (C=O) groups is 1. The Morgan fingerprint density at radius 1 is 1.39 bits per heavy atom. The summed E-state index contributed by atoms with van der Waals surface area (Å²) in [5.41, 5.74) is 0. The largest absolute Gasteiger partial charge is 0.455 e. The van der Waals surface area contributed by atoms with Gasteiger partial charge in [-0.25, -0.2) is 4.79 Å². The van der Waals surface area contributed by atoms with Gasteiger partial charge in [-0.2, -0.15) is 17.2 Å². The Bertz CT molecular complexity index is 428. The maximum atomic E-state index is 12.7. The molecule has 1 saturated heterocycles. The maximum Gasteiger partial charge on any atom is 0.402 e. The molecule has 6 nitrogen and oxygen atoms in total. The third kappa shape index (κ3) is 4.22. The van der Waals surface area contributed by atoms with Crippen molar-refractivity contribution in [3.63, 3.8) is 0 Å². The molecule has 0 saturated carbocycles. The molecule has 0 aromatic heterocycles. The van der Waals surface area contributed by atoms with Crippen molar-refractivity contribution >= 4 is 16.1 Å². The number of hydrogen-bond donors (Lipinski definition) is 1. The van der Waals surface area contributed by atoms with E-state index in [4.69, 9.17) is 4.55 Å². The minimum Gasteiger partial charge on any atom is -0.455 e. The summed E-state index contributed by atoms with van der Waals surface area (Å²) < 4.78 is 58.0. The normalized spacial score (nSPS) is 17.4. The summed E-state index contributed by atoms with van der Waals surface area (Å²) in [5.74, 6) is -1.09. The number of halogens is 2. The van der Waals surface area contributed by atoms with Crippen LogP contribution in [0.3, 0.4) is 0 Å². The van der Waals surface area contributed by atoms with Gasteiger partial charge >= 0.3 is 21.3 Å². The van der Waals surface area contributed by atoms with E-state index in [9.17, 15) is 22.0 Å². The molecule has 1 aliphatic rings. The van der Waals surface area contributed by atoms with Gasteiger partial charge in [0, 0.05) is 25.4 Å². The summed E-state index contributed by atoms with van der Waals surface area (Å²) in [5, 5.41) is -4.50. The minimum absolute atomic E-state index is 0.769. The molecule has 0 amide bonds. The average molecular weight is 285 g/mol. The van der Waals surface area contributed by atoms with E-state index in [0.717, 1.165) is 32.0 Å². The van der Waals surface area contributed by atoms with Crippen molar-refractivity contribution in [3.05, 3.63) is 12.3 Å². The van der Waals surface area contributed by atoms with Gasteiger partial charge in [0.1, 0.15) is 0 Å². The topological polar surface area (TPSA) is 83.9 Å². The quantitative estimate of drug-likeness (QED) is 0.453. The van der Waals surface area contributed by atoms with Crippen molar-refractivity contribution in [1.82, 2.24) is 4.90 Å². The number of alkyl halides is 2. The van der Waals surface area contributed by atoms with Gasteiger partial charge in [-0.15, -0.1) is 0 Å².